The molecule has 16 heteroatoms. The van der Waals surface area contributed by atoms with Gasteiger partial charge >= 0.3 is 11.9 Å². The topological polar surface area (TPSA) is 245 Å². The Bertz CT molecular complexity index is 1050. The third-order valence-electron chi connectivity index (χ3n) is 5.18. The fourth-order valence-electron chi connectivity index (χ4n) is 3.25. The van der Waals surface area contributed by atoms with Crippen molar-refractivity contribution in [1.82, 2.24) is 35.9 Å². The van der Waals surface area contributed by atoms with Crippen LogP contribution < -0.4 is 21.7 Å². The summed E-state index contributed by atoms with van der Waals surface area (Å²) in [6, 6.07) is -5.06. The molecule has 37 heavy (non-hydrogen) atoms. The van der Waals surface area contributed by atoms with E-state index in [0.29, 0.717) is 17.1 Å². The first-order valence-corrected chi connectivity index (χ1v) is 12.5. The van der Waals surface area contributed by atoms with Crippen molar-refractivity contribution < 1.29 is 34.2 Å². The van der Waals surface area contributed by atoms with Crippen molar-refractivity contribution in [1.29, 1.82) is 0 Å². The summed E-state index contributed by atoms with van der Waals surface area (Å²) in [5, 5.41) is 25.8. The number of nitrogens with two attached hydrogens (primary N) is 1. The number of nitrogens with zero attached hydrogens (tertiary/aromatic N) is 2. The number of carbonyl (C=O) groups is 5. The van der Waals surface area contributed by atoms with Gasteiger partial charge in [-0.05, 0) is 18.4 Å². The van der Waals surface area contributed by atoms with Gasteiger partial charge in [0.25, 0.3) is 0 Å². The van der Waals surface area contributed by atoms with Gasteiger partial charge in [-0.25, -0.2) is 14.8 Å². The number of hydrogen-bond donors (Lipinski definition) is 8. The lowest BCUT2D eigenvalue weighted by atomic mass is 10.1. The summed E-state index contributed by atoms with van der Waals surface area (Å²) < 4.78 is 0. The molecule has 4 atom stereocenters. The monoisotopic (exact) mass is 538 g/mol. The number of aliphatic carboxylic acids is 2. The van der Waals surface area contributed by atoms with Gasteiger partial charge in [0.15, 0.2) is 0 Å². The zero-order valence-corrected chi connectivity index (χ0v) is 20.8. The third-order valence-corrected chi connectivity index (χ3v) is 5.82. The first-order valence-electron chi connectivity index (χ1n) is 11.1. The Morgan fingerprint density at radius 1 is 0.892 bits per heavy atom. The molecule has 0 saturated heterocycles. The number of imidazole rings is 2. The average Bonchev–Trinajstić information content (AvgIpc) is 3.54. The van der Waals surface area contributed by atoms with Gasteiger partial charge in [-0.1, -0.05) is 0 Å². The summed E-state index contributed by atoms with van der Waals surface area (Å²) in [5.74, 6) is -4.41. The van der Waals surface area contributed by atoms with E-state index in [1.165, 1.54) is 36.8 Å². The molecule has 2 rings (SSSR count). The zero-order chi connectivity index (χ0) is 27.4. The maximum atomic E-state index is 13.2. The number of carbonyl (C=O) groups excluding carboxylic acids is 3. The summed E-state index contributed by atoms with van der Waals surface area (Å²) in [7, 11) is 0. The minimum Gasteiger partial charge on any atom is -0.481 e. The second kappa shape index (κ2) is 14.6. The van der Waals surface area contributed by atoms with E-state index in [2.05, 4.69) is 35.9 Å². The molecular weight excluding hydrogens is 508 g/mol. The largest absolute Gasteiger partial charge is 0.481 e. The number of rotatable bonds is 16. The molecule has 4 unspecified atom stereocenters. The Balaban J connectivity index is 2.22. The molecule has 0 aliphatic carbocycles. The van der Waals surface area contributed by atoms with E-state index >= 15 is 0 Å². The van der Waals surface area contributed by atoms with Gasteiger partial charge in [-0.15, -0.1) is 0 Å². The number of nitrogens with one attached hydrogen (secondary N) is 5. The summed E-state index contributed by atoms with van der Waals surface area (Å²) in [5.41, 5.74) is 6.60. The predicted octanol–water partition coefficient (Wildman–Crippen LogP) is -1.99. The Hall–Kier alpha value is -3.92. The van der Waals surface area contributed by atoms with Crippen molar-refractivity contribution >= 4 is 41.4 Å². The summed E-state index contributed by atoms with van der Waals surface area (Å²) in [6.07, 6.45) is 6.85. The molecule has 3 amide bonds. The number of thioether (sulfide) groups is 1. The number of carboxylic acid groups (broad SMARTS) is 2. The van der Waals surface area contributed by atoms with Gasteiger partial charge in [-0.3, -0.25) is 19.2 Å². The molecule has 0 aliphatic rings. The smallest absolute Gasteiger partial charge is 0.326 e. The third kappa shape index (κ3) is 9.92. The quantitative estimate of drug-likeness (QED) is 0.116. The highest BCUT2D eigenvalue weighted by atomic mass is 32.2. The maximum Gasteiger partial charge on any atom is 0.326 e. The number of carboxylic acids is 2. The van der Waals surface area contributed by atoms with Gasteiger partial charge in [0.05, 0.1) is 25.1 Å². The second-order valence-corrected chi connectivity index (χ2v) is 9.06. The molecule has 2 aromatic rings. The normalized spacial score (nSPS) is 14.1. The number of aromatic amines is 2. The Kier molecular flexibility index (Phi) is 11.6. The molecule has 0 radical (unpaired) electrons. The van der Waals surface area contributed by atoms with Crippen LogP contribution in [0, 0.1) is 0 Å². The fraction of sp³-hybridized carbons (Fsp3) is 0.476. The molecule has 0 bridgehead atoms. The van der Waals surface area contributed by atoms with Crippen LogP contribution >= 0.6 is 11.8 Å². The molecule has 0 aromatic carbocycles. The van der Waals surface area contributed by atoms with E-state index in [9.17, 15) is 29.1 Å². The van der Waals surface area contributed by atoms with Crippen molar-refractivity contribution in [2.24, 2.45) is 5.73 Å². The number of aromatic nitrogens is 4. The van der Waals surface area contributed by atoms with Crippen LogP contribution in [-0.2, 0) is 36.8 Å². The van der Waals surface area contributed by atoms with Crippen molar-refractivity contribution in [2.75, 3.05) is 12.0 Å². The molecule has 0 fully saturated rings. The molecular formula is C21H30N8O7S. The molecule has 15 nitrogen and oxygen atoms in total. The van der Waals surface area contributed by atoms with Gasteiger partial charge in [0.2, 0.25) is 17.7 Å². The highest BCUT2D eigenvalue weighted by Crippen LogP contribution is 2.06. The maximum absolute atomic E-state index is 13.2. The van der Waals surface area contributed by atoms with Gasteiger partial charge < -0.3 is 41.9 Å². The molecule has 0 spiro atoms. The van der Waals surface area contributed by atoms with Crippen LogP contribution in [0.25, 0.3) is 0 Å². The van der Waals surface area contributed by atoms with Crippen molar-refractivity contribution in [3.8, 4) is 0 Å². The summed E-state index contributed by atoms with van der Waals surface area (Å²) in [4.78, 5) is 74.6. The van der Waals surface area contributed by atoms with Crippen molar-refractivity contribution in [3.05, 3.63) is 36.4 Å². The first kappa shape index (κ1) is 29.3. The minimum atomic E-state index is -1.41. The Morgan fingerprint density at radius 3 is 1.78 bits per heavy atom. The summed E-state index contributed by atoms with van der Waals surface area (Å²) >= 11 is 1.42. The van der Waals surface area contributed by atoms with Gasteiger partial charge in [0.1, 0.15) is 18.1 Å². The predicted molar refractivity (Wildman–Crippen MR) is 131 cm³/mol. The average molecular weight is 539 g/mol. The molecule has 2 aromatic heterocycles. The lowest BCUT2D eigenvalue weighted by Crippen LogP contribution is -2.58. The van der Waals surface area contributed by atoms with Crippen LogP contribution in [0.1, 0.15) is 24.2 Å². The molecule has 9 N–H and O–H groups in total. The minimum absolute atomic E-state index is 0.0459. The molecule has 202 valence electrons. The van der Waals surface area contributed by atoms with Crippen LogP contribution in [0.15, 0.2) is 25.0 Å². The van der Waals surface area contributed by atoms with E-state index in [-0.39, 0.29) is 19.3 Å². The highest BCUT2D eigenvalue weighted by molar-refractivity contribution is 7.98. The van der Waals surface area contributed by atoms with Crippen molar-refractivity contribution in [2.45, 2.75) is 49.9 Å². The van der Waals surface area contributed by atoms with Crippen LogP contribution in [0.5, 0.6) is 0 Å². The standard InChI is InChI=1S/C21H30N8O7S/c1-37-3-2-14(21(35)36)27-19(33)16(5-12-8-24-10-26-12)29-20(34)15(4-11-7-23-9-25-11)28-18(32)13(22)6-17(30)31/h7-10,13-16H,2-6,22H2,1H3,(H,23,25)(H,24,26)(H,27,33)(H,28,32)(H,29,34)(H,30,31)(H,35,36). The summed E-state index contributed by atoms with van der Waals surface area (Å²) in [6.45, 7) is 0. The fourth-order valence-corrected chi connectivity index (χ4v) is 3.72. The molecule has 0 saturated carbocycles. The van der Waals surface area contributed by atoms with Crippen LogP contribution in [0.2, 0.25) is 0 Å². The van der Waals surface area contributed by atoms with E-state index in [0.717, 1.165) is 0 Å². The number of H-pyrrole nitrogens is 2. The van der Waals surface area contributed by atoms with Gasteiger partial charge in [0, 0.05) is 36.6 Å². The number of hydrogen-bond acceptors (Lipinski definition) is 9. The lowest BCUT2D eigenvalue weighted by molar-refractivity contribution is -0.142. The highest BCUT2D eigenvalue weighted by Gasteiger charge is 2.31. The lowest BCUT2D eigenvalue weighted by Gasteiger charge is -2.25. The van der Waals surface area contributed by atoms with E-state index in [1.54, 1.807) is 6.26 Å². The van der Waals surface area contributed by atoms with E-state index < -0.39 is 60.2 Å². The van der Waals surface area contributed by atoms with E-state index in [1.807, 2.05) is 0 Å². The molecule has 2 heterocycles. The van der Waals surface area contributed by atoms with Crippen molar-refractivity contribution in [3.63, 3.8) is 0 Å². The van der Waals surface area contributed by atoms with E-state index in [4.69, 9.17) is 10.8 Å². The zero-order valence-electron chi connectivity index (χ0n) is 20.0. The SMILES string of the molecule is CSCCC(NC(=O)C(Cc1cnc[nH]1)NC(=O)C(Cc1cnc[nH]1)NC(=O)C(N)CC(=O)O)C(=O)O. The first-order chi connectivity index (χ1) is 17.6. The van der Waals surface area contributed by atoms with Crippen LogP contribution in [0.3, 0.4) is 0 Å². The van der Waals surface area contributed by atoms with Crippen LogP contribution in [0.4, 0.5) is 0 Å². The Labute approximate surface area is 215 Å². The second-order valence-electron chi connectivity index (χ2n) is 8.07. The molecule has 0 aliphatic heterocycles. The number of amides is 3. The Morgan fingerprint density at radius 2 is 1.38 bits per heavy atom. The van der Waals surface area contributed by atoms with Crippen LogP contribution in [-0.4, -0.2) is 96.0 Å². The van der Waals surface area contributed by atoms with Gasteiger partial charge in [-0.2, -0.15) is 11.8 Å².